The number of rotatable bonds is 7. The van der Waals surface area contributed by atoms with Crippen molar-refractivity contribution in [3.8, 4) is 11.6 Å². The first-order valence-corrected chi connectivity index (χ1v) is 21.4. The SMILES string of the molecule is C=C[C@@H]1C[C@]1(NC(=O)[C@@H]1C[C@@H]2CN1C(=O)[C@H](C(C)(C)C)NC(=O)O[C@@H]1CCC[C@H]1CC=CCCn1c(cc3cc(OC)ccc3c1=O)O2)C(=O)NS(=O)(=O)C1CC1. The van der Waals surface area contributed by atoms with Crippen LogP contribution in [0.5, 0.6) is 11.6 Å². The van der Waals surface area contributed by atoms with E-state index in [-0.39, 0.29) is 49.4 Å². The second-order valence-electron chi connectivity index (χ2n) is 17.1. The van der Waals surface area contributed by atoms with E-state index in [1.54, 1.807) is 49.6 Å². The lowest BCUT2D eigenvalue weighted by Gasteiger charge is -2.35. The minimum atomic E-state index is -3.93. The fourth-order valence-corrected chi connectivity index (χ4v) is 9.80. The molecule has 308 valence electrons. The number of methoxy groups -OCH3 is 1. The number of sulfonamides is 1. The van der Waals surface area contributed by atoms with Crippen molar-refractivity contribution in [3.63, 3.8) is 0 Å². The number of benzene rings is 1. The maximum atomic E-state index is 14.7. The molecule has 4 fully saturated rings. The zero-order chi connectivity index (χ0) is 40.9. The average molecular weight is 808 g/mol. The standard InChI is InChI=1S/C41H53N5O10S/c1-6-26-22-41(26,38(50)44-57(52,53)29-15-16-29)43-35(47)31-21-28-23-46(31)37(49)34(40(2,3)4)42-39(51)56-32-13-10-12-24(32)11-8-7-9-18-45-33(55-28)20-25-19-27(54-5)14-17-30(25)36(45)48/h6-8,14,17,19-20,24,26,28-29,31-32,34H,1,9-13,15-16,18,21-23H2,2-5H3,(H,42,51)(H,43,47)(H,44,50)/t24-,26-,28-,31+,32-,34-,41-/m1/s1. The number of carbonyl (C=O) groups excluding carboxylic acids is 4. The van der Waals surface area contributed by atoms with Gasteiger partial charge in [0, 0.05) is 30.3 Å². The second kappa shape index (κ2) is 15.5. The van der Waals surface area contributed by atoms with Gasteiger partial charge >= 0.3 is 6.09 Å². The summed E-state index contributed by atoms with van der Waals surface area (Å²) in [7, 11) is -2.39. The highest BCUT2D eigenvalue weighted by Gasteiger charge is 2.62. The number of carbonyl (C=O) groups is 4. The van der Waals surface area contributed by atoms with Crippen LogP contribution in [0.25, 0.3) is 10.8 Å². The number of alkyl carbamates (subject to hydrolysis) is 1. The fourth-order valence-electron chi connectivity index (χ4n) is 8.44. The Morgan fingerprint density at radius 1 is 1.07 bits per heavy atom. The van der Waals surface area contributed by atoms with E-state index >= 15 is 0 Å². The lowest BCUT2D eigenvalue weighted by Crippen LogP contribution is -2.60. The van der Waals surface area contributed by atoms with Crippen molar-refractivity contribution < 1.29 is 41.8 Å². The van der Waals surface area contributed by atoms with Gasteiger partial charge in [-0.25, -0.2) is 13.2 Å². The number of pyridine rings is 1. The van der Waals surface area contributed by atoms with Gasteiger partial charge in [0.2, 0.25) is 21.8 Å². The van der Waals surface area contributed by atoms with Gasteiger partial charge in [-0.3, -0.25) is 28.5 Å². The van der Waals surface area contributed by atoms with Gasteiger partial charge in [0.25, 0.3) is 11.5 Å². The average Bonchev–Trinajstić information content (AvgIpc) is 4.05. The molecule has 0 spiro atoms. The Kier molecular flexibility index (Phi) is 11.0. The molecule has 1 aromatic heterocycles. The minimum Gasteiger partial charge on any atom is -0.497 e. The summed E-state index contributed by atoms with van der Waals surface area (Å²) in [5.41, 5.74) is -2.70. The van der Waals surface area contributed by atoms with Gasteiger partial charge in [-0.2, -0.15) is 0 Å². The van der Waals surface area contributed by atoms with Gasteiger partial charge in [0.05, 0.1) is 18.9 Å². The van der Waals surface area contributed by atoms with Crippen molar-refractivity contribution in [2.75, 3.05) is 13.7 Å². The lowest BCUT2D eigenvalue weighted by molar-refractivity contribution is -0.143. The van der Waals surface area contributed by atoms with E-state index in [1.807, 2.05) is 6.08 Å². The number of aromatic nitrogens is 1. The van der Waals surface area contributed by atoms with Crippen LogP contribution in [-0.4, -0.2) is 90.4 Å². The van der Waals surface area contributed by atoms with Crippen LogP contribution in [0.3, 0.4) is 0 Å². The van der Waals surface area contributed by atoms with Crippen molar-refractivity contribution in [1.29, 1.82) is 0 Å². The molecule has 3 heterocycles. The smallest absolute Gasteiger partial charge is 0.408 e. The minimum absolute atomic E-state index is 0.0380. The molecular formula is C41H53N5O10S. The van der Waals surface area contributed by atoms with Crippen molar-refractivity contribution in [1.82, 2.24) is 24.8 Å². The quantitative estimate of drug-likeness (QED) is 0.348. The molecule has 0 radical (unpaired) electrons. The number of amides is 4. The van der Waals surface area contributed by atoms with E-state index in [0.717, 1.165) is 12.8 Å². The van der Waals surface area contributed by atoms with Crippen LogP contribution in [-0.2, 0) is 35.7 Å². The fraction of sp³-hybridized carbons (Fsp3) is 0.585. The summed E-state index contributed by atoms with van der Waals surface area (Å²) in [6.45, 7) is 9.36. The predicted octanol–water partition coefficient (Wildman–Crippen LogP) is 3.69. The Morgan fingerprint density at radius 2 is 1.84 bits per heavy atom. The van der Waals surface area contributed by atoms with Crippen molar-refractivity contribution in [3.05, 3.63) is 59.4 Å². The molecule has 3 aliphatic carbocycles. The number of hydrogen-bond acceptors (Lipinski definition) is 10. The summed E-state index contributed by atoms with van der Waals surface area (Å²) in [6.07, 6.45) is 8.29. The van der Waals surface area contributed by atoms with Gasteiger partial charge < -0.3 is 29.7 Å². The normalized spacial score (nSPS) is 29.4. The molecule has 7 rings (SSSR count). The number of hydrogen-bond donors (Lipinski definition) is 3. The summed E-state index contributed by atoms with van der Waals surface area (Å²) in [6, 6.07) is 4.58. The van der Waals surface area contributed by atoms with Gasteiger partial charge in [-0.15, -0.1) is 6.58 Å². The third-order valence-corrected chi connectivity index (χ3v) is 13.8. The van der Waals surface area contributed by atoms with Gasteiger partial charge in [0.15, 0.2) is 5.88 Å². The molecule has 16 heteroatoms. The molecule has 57 heavy (non-hydrogen) atoms. The topological polar surface area (TPSA) is 191 Å². The van der Waals surface area contributed by atoms with Crippen LogP contribution in [0.2, 0.25) is 0 Å². The molecule has 2 aliphatic heterocycles. The molecule has 1 saturated heterocycles. The Hall–Kier alpha value is -4.86. The summed E-state index contributed by atoms with van der Waals surface area (Å²) in [5.74, 6) is -1.79. The number of allylic oxidation sites excluding steroid dienone is 2. The van der Waals surface area contributed by atoms with Crippen molar-refractivity contribution in [2.24, 2.45) is 17.3 Å². The molecular weight excluding hydrogens is 755 g/mol. The highest BCUT2D eigenvalue weighted by Crippen LogP contribution is 2.45. The number of fused-ring (bicyclic) bond motifs is 5. The Balaban J connectivity index is 1.26. The number of nitrogens with zero attached hydrogens (tertiary/aromatic N) is 2. The largest absolute Gasteiger partial charge is 0.497 e. The molecule has 3 saturated carbocycles. The molecule has 7 atom stereocenters. The van der Waals surface area contributed by atoms with Crippen LogP contribution in [0.15, 0.2) is 53.9 Å². The van der Waals surface area contributed by atoms with Crippen LogP contribution >= 0.6 is 0 Å². The highest BCUT2D eigenvalue weighted by molar-refractivity contribution is 7.91. The van der Waals surface area contributed by atoms with Crippen molar-refractivity contribution in [2.45, 2.75) is 120 Å². The van der Waals surface area contributed by atoms with Gasteiger partial charge in [-0.1, -0.05) is 39.0 Å². The van der Waals surface area contributed by atoms with Crippen LogP contribution in [0, 0.1) is 17.3 Å². The Morgan fingerprint density at radius 3 is 2.53 bits per heavy atom. The first kappa shape index (κ1) is 40.3. The Bertz CT molecular complexity index is 2160. The third kappa shape index (κ3) is 8.28. The molecule has 1 aromatic carbocycles. The zero-order valence-corrected chi connectivity index (χ0v) is 33.8. The van der Waals surface area contributed by atoms with Crippen LogP contribution < -0.4 is 30.4 Å². The third-order valence-electron chi connectivity index (χ3n) is 12.0. The maximum absolute atomic E-state index is 14.7. The number of ether oxygens (including phenoxy) is 3. The molecule has 2 bridgehead atoms. The van der Waals surface area contributed by atoms with E-state index in [4.69, 9.17) is 14.2 Å². The highest BCUT2D eigenvalue weighted by atomic mass is 32.2. The number of nitrogens with one attached hydrogen (secondary N) is 3. The zero-order valence-electron chi connectivity index (χ0n) is 33.0. The summed E-state index contributed by atoms with van der Waals surface area (Å²) < 4.78 is 47.2. The summed E-state index contributed by atoms with van der Waals surface area (Å²) in [4.78, 5) is 71.7. The van der Waals surface area contributed by atoms with E-state index in [1.165, 1.54) is 18.1 Å². The first-order valence-electron chi connectivity index (χ1n) is 19.9. The monoisotopic (exact) mass is 807 g/mol. The van der Waals surface area contributed by atoms with Gasteiger partial charge in [0.1, 0.15) is 35.6 Å². The van der Waals surface area contributed by atoms with E-state index in [2.05, 4.69) is 28.0 Å². The molecule has 5 aliphatic rings. The lowest BCUT2D eigenvalue weighted by atomic mass is 9.85. The summed E-state index contributed by atoms with van der Waals surface area (Å²) in [5, 5.41) is 6.01. The van der Waals surface area contributed by atoms with Crippen LogP contribution in [0.1, 0.15) is 78.6 Å². The van der Waals surface area contributed by atoms with E-state index in [9.17, 15) is 32.4 Å². The Labute approximate surface area is 332 Å². The van der Waals surface area contributed by atoms with Crippen LogP contribution in [0.4, 0.5) is 4.79 Å². The van der Waals surface area contributed by atoms with Crippen molar-refractivity contribution >= 4 is 44.6 Å². The molecule has 0 unspecified atom stereocenters. The summed E-state index contributed by atoms with van der Waals surface area (Å²) >= 11 is 0. The first-order chi connectivity index (χ1) is 27.0. The molecule has 15 nitrogen and oxygen atoms in total. The van der Waals surface area contributed by atoms with E-state index < -0.39 is 74.1 Å². The molecule has 4 amide bonds. The van der Waals surface area contributed by atoms with Gasteiger partial charge in [-0.05, 0) is 86.3 Å². The van der Waals surface area contributed by atoms with E-state index in [0.29, 0.717) is 48.6 Å². The second-order valence-corrected chi connectivity index (χ2v) is 19.1. The molecule has 3 N–H and O–H groups in total. The molecule has 2 aromatic rings. The predicted molar refractivity (Wildman–Crippen MR) is 211 cm³/mol. The maximum Gasteiger partial charge on any atom is 0.408 e.